The van der Waals surface area contributed by atoms with Gasteiger partial charge in [-0.25, -0.2) is 0 Å². The molecule has 0 spiro atoms. The summed E-state index contributed by atoms with van der Waals surface area (Å²) in [5.74, 6) is 1.06. The van der Waals surface area contributed by atoms with Crippen LogP contribution in [0.2, 0.25) is 0 Å². The van der Waals surface area contributed by atoms with Crippen molar-refractivity contribution < 1.29 is 9.21 Å². The maximum atomic E-state index is 12.3. The number of ketones is 1. The Labute approximate surface area is 172 Å². The Bertz CT molecular complexity index is 881. The molecule has 0 bridgehead atoms. The number of hydrogen-bond donors (Lipinski definition) is 1. The monoisotopic (exact) mass is 417 g/mol. The summed E-state index contributed by atoms with van der Waals surface area (Å²) < 4.78 is 6.23. The highest BCUT2D eigenvalue weighted by Crippen LogP contribution is 2.26. The summed E-state index contributed by atoms with van der Waals surface area (Å²) in [6.07, 6.45) is 3.52. The van der Waals surface area contributed by atoms with E-state index in [4.69, 9.17) is 4.42 Å². The van der Waals surface area contributed by atoms with Crippen molar-refractivity contribution in [3.05, 3.63) is 36.2 Å². The first kappa shape index (κ1) is 20.5. The molecule has 0 aliphatic rings. The van der Waals surface area contributed by atoms with Crippen LogP contribution in [0.4, 0.5) is 5.13 Å². The molecule has 3 rings (SSSR count). The summed E-state index contributed by atoms with van der Waals surface area (Å²) in [5, 5.41) is 20.1. The summed E-state index contributed by atoms with van der Waals surface area (Å²) >= 11 is 2.77. The molecular formula is C19H23N5O2S2. The number of thioether (sulfide) groups is 1. The molecule has 0 fully saturated rings. The second-order valence-electron chi connectivity index (χ2n) is 6.45. The first-order valence-corrected chi connectivity index (χ1v) is 11.1. The minimum absolute atomic E-state index is 0.0132. The van der Waals surface area contributed by atoms with Crippen molar-refractivity contribution >= 4 is 34.0 Å². The van der Waals surface area contributed by atoms with Crippen molar-refractivity contribution in [3.8, 4) is 11.5 Å². The zero-order valence-electron chi connectivity index (χ0n) is 15.9. The third-order valence-corrected chi connectivity index (χ3v) is 6.28. The molecule has 0 amide bonds. The third-order valence-electron chi connectivity index (χ3n) is 4.26. The third kappa shape index (κ3) is 5.87. The zero-order chi connectivity index (χ0) is 19.8. The van der Waals surface area contributed by atoms with Crippen LogP contribution in [0.1, 0.15) is 43.8 Å². The van der Waals surface area contributed by atoms with Gasteiger partial charge in [0.1, 0.15) is 0 Å². The lowest BCUT2D eigenvalue weighted by molar-refractivity contribution is 0.0986. The van der Waals surface area contributed by atoms with Gasteiger partial charge in [-0.15, -0.1) is 20.4 Å². The van der Waals surface area contributed by atoms with Gasteiger partial charge in [0.15, 0.2) is 4.34 Å². The summed E-state index contributed by atoms with van der Waals surface area (Å²) in [7, 11) is 0. The van der Waals surface area contributed by atoms with E-state index in [0.717, 1.165) is 33.9 Å². The molecule has 7 nitrogen and oxygen atoms in total. The van der Waals surface area contributed by atoms with Gasteiger partial charge in [0.25, 0.3) is 5.89 Å². The van der Waals surface area contributed by atoms with Gasteiger partial charge in [-0.05, 0) is 30.9 Å². The van der Waals surface area contributed by atoms with Gasteiger partial charge < -0.3 is 9.73 Å². The SMILES string of the molecule is CC[C@@H](C)CCCNc1nnc(SCC(=O)c2nnc(-c3ccccc3)o2)s1. The number of rotatable bonds is 11. The highest BCUT2D eigenvalue weighted by atomic mass is 32.2. The van der Waals surface area contributed by atoms with E-state index >= 15 is 0 Å². The van der Waals surface area contributed by atoms with E-state index in [9.17, 15) is 4.79 Å². The fourth-order valence-corrected chi connectivity index (χ4v) is 4.04. The lowest BCUT2D eigenvalue weighted by Crippen LogP contribution is -2.03. The number of carbonyl (C=O) groups excluding carboxylic acids is 1. The molecule has 9 heteroatoms. The Balaban J connectivity index is 1.45. The second-order valence-corrected chi connectivity index (χ2v) is 8.65. The Morgan fingerprint density at radius 2 is 2.04 bits per heavy atom. The van der Waals surface area contributed by atoms with Crippen LogP contribution >= 0.6 is 23.1 Å². The minimum atomic E-state index is -0.224. The molecule has 0 saturated heterocycles. The number of Topliss-reactive ketones (excluding diaryl/α,β-unsaturated/α-hetero) is 1. The maximum Gasteiger partial charge on any atom is 0.285 e. The molecular weight excluding hydrogens is 394 g/mol. The number of nitrogens with one attached hydrogen (secondary N) is 1. The minimum Gasteiger partial charge on any atom is -0.414 e. The summed E-state index contributed by atoms with van der Waals surface area (Å²) in [4.78, 5) is 12.3. The fraction of sp³-hybridized carbons (Fsp3) is 0.421. The molecule has 2 heterocycles. The van der Waals surface area contributed by atoms with E-state index in [1.165, 1.54) is 35.9 Å². The van der Waals surface area contributed by atoms with Gasteiger partial charge in [0.05, 0.1) is 5.75 Å². The Hall–Kier alpha value is -2.26. The molecule has 0 saturated carbocycles. The Morgan fingerprint density at radius 1 is 1.21 bits per heavy atom. The molecule has 28 heavy (non-hydrogen) atoms. The van der Waals surface area contributed by atoms with Gasteiger partial charge in [-0.2, -0.15) is 0 Å². The standard InChI is InChI=1S/C19H23N5O2S2/c1-3-13(2)8-7-11-20-18-23-24-19(28-18)27-12-15(25)17-22-21-16(26-17)14-9-5-4-6-10-14/h4-6,9-10,13H,3,7-8,11-12H2,1-2H3,(H,20,23)/t13-/m1/s1. The van der Waals surface area contributed by atoms with Crippen LogP contribution < -0.4 is 5.32 Å². The van der Waals surface area contributed by atoms with Crippen LogP contribution in [0.15, 0.2) is 39.1 Å². The predicted molar refractivity (Wildman–Crippen MR) is 112 cm³/mol. The molecule has 0 unspecified atom stereocenters. The van der Waals surface area contributed by atoms with E-state index in [0.29, 0.717) is 5.89 Å². The molecule has 1 atom stereocenters. The second kappa shape index (κ2) is 10.3. The highest BCUT2D eigenvalue weighted by molar-refractivity contribution is 8.01. The molecule has 2 aromatic heterocycles. The lowest BCUT2D eigenvalue weighted by Gasteiger charge is -2.07. The lowest BCUT2D eigenvalue weighted by atomic mass is 10.0. The van der Waals surface area contributed by atoms with Gasteiger partial charge in [0, 0.05) is 12.1 Å². The molecule has 0 aliphatic carbocycles. The van der Waals surface area contributed by atoms with E-state index in [2.05, 4.69) is 39.6 Å². The average Bonchev–Trinajstić information content (AvgIpc) is 3.40. The molecule has 0 radical (unpaired) electrons. The fourth-order valence-electron chi connectivity index (χ4n) is 2.41. The van der Waals surface area contributed by atoms with E-state index in [1.54, 1.807) is 0 Å². The van der Waals surface area contributed by atoms with Crippen LogP contribution in [0, 0.1) is 5.92 Å². The van der Waals surface area contributed by atoms with Gasteiger partial charge in [-0.3, -0.25) is 4.79 Å². The van der Waals surface area contributed by atoms with Crippen molar-refractivity contribution in [3.63, 3.8) is 0 Å². The van der Waals surface area contributed by atoms with Crippen LogP contribution in [0.5, 0.6) is 0 Å². The van der Waals surface area contributed by atoms with E-state index in [-0.39, 0.29) is 17.4 Å². The molecule has 1 aromatic carbocycles. The van der Waals surface area contributed by atoms with Crippen LogP contribution in [0.25, 0.3) is 11.5 Å². The topological polar surface area (TPSA) is 93.8 Å². The number of hydrogen-bond acceptors (Lipinski definition) is 9. The first-order valence-electron chi connectivity index (χ1n) is 9.28. The van der Waals surface area contributed by atoms with Crippen molar-refractivity contribution in [1.82, 2.24) is 20.4 Å². The quantitative estimate of drug-likeness (QED) is 0.270. The zero-order valence-corrected chi connectivity index (χ0v) is 17.6. The van der Waals surface area contributed by atoms with E-state index < -0.39 is 0 Å². The molecule has 3 aromatic rings. The maximum absolute atomic E-state index is 12.3. The normalized spacial score (nSPS) is 12.1. The Kier molecular flexibility index (Phi) is 7.55. The number of anilines is 1. The molecule has 0 aliphatic heterocycles. The molecule has 148 valence electrons. The largest absolute Gasteiger partial charge is 0.414 e. The number of carbonyl (C=O) groups is 1. The number of benzene rings is 1. The van der Waals surface area contributed by atoms with Crippen molar-refractivity contribution in [1.29, 1.82) is 0 Å². The average molecular weight is 418 g/mol. The van der Waals surface area contributed by atoms with Gasteiger partial charge in [-0.1, -0.05) is 61.6 Å². The Morgan fingerprint density at radius 3 is 2.82 bits per heavy atom. The van der Waals surface area contributed by atoms with Gasteiger partial charge >= 0.3 is 0 Å². The van der Waals surface area contributed by atoms with Crippen molar-refractivity contribution in [2.24, 2.45) is 5.92 Å². The highest BCUT2D eigenvalue weighted by Gasteiger charge is 2.17. The molecule has 1 N–H and O–H groups in total. The number of nitrogens with zero attached hydrogens (tertiary/aromatic N) is 4. The smallest absolute Gasteiger partial charge is 0.285 e. The van der Waals surface area contributed by atoms with Crippen LogP contribution in [-0.2, 0) is 0 Å². The summed E-state index contributed by atoms with van der Waals surface area (Å²) in [6, 6.07) is 9.37. The number of aromatic nitrogens is 4. The van der Waals surface area contributed by atoms with Crippen LogP contribution in [-0.4, -0.2) is 38.5 Å². The predicted octanol–water partition coefficient (Wildman–Crippen LogP) is 4.80. The van der Waals surface area contributed by atoms with Crippen molar-refractivity contribution in [2.45, 2.75) is 37.4 Å². The van der Waals surface area contributed by atoms with E-state index in [1.807, 2.05) is 30.3 Å². The summed E-state index contributed by atoms with van der Waals surface area (Å²) in [6.45, 7) is 5.36. The summed E-state index contributed by atoms with van der Waals surface area (Å²) in [5.41, 5.74) is 0.787. The first-order chi connectivity index (χ1) is 13.7. The van der Waals surface area contributed by atoms with Crippen molar-refractivity contribution in [2.75, 3.05) is 17.6 Å². The van der Waals surface area contributed by atoms with Crippen LogP contribution in [0.3, 0.4) is 0 Å². The van der Waals surface area contributed by atoms with Gasteiger partial charge in [0.2, 0.25) is 16.8 Å².